The lowest BCUT2D eigenvalue weighted by atomic mass is 10.0. The number of carbonyl (C=O) groups excluding carboxylic acids is 1. The Morgan fingerprint density at radius 1 is 1.27 bits per heavy atom. The van der Waals surface area contributed by atoms with Gasteiger partial charge in [0.1, 0.15) is 11.6 Å². The molecular formula is C19H29NO6. The fourth-order valence-corrected chi connectivity index (χ4v) is 2.17. The Bertz CT molecular complexity index is 623. The van der Waals surface area contributed by atoms with Gasteiger partial charge in [-0.1, -0.05) is 19.1 Å². The maximum absolute atomic E-state index is 11.9. The molecule has 0 saturated heterocycles. The van der Waals surface area contributed by atoms with Gasteiger partial charge in [0.05, 0.1) is 13.2 Å². The van der Waals surface area contributed by atoms with E-state index in [1.807, 2.05) is 13.8 Å². The highest BCUT2D eigenvalue weighted by molar-refractivity contribution is 5.80. The van der Waals surface area contributed by atoms with Crippen molar-refractivity contribution in [2.24, 2.45) is 0 Å². The second kappa shape index (κ2) is 9.31. The predicted octanol–water partition coefficient (Wildman–Crippen LogP) is 3.39. The number of aliphatic carboxylic acids is 1. The lowest BCUT2D eigenvalue weighted by Crippen LogP contribution is -2.44. The zero-order valence-corrected chi connectivity index (χ0v) is 16.3. The van der Waals surface area contributed by atoms with E-state index in [1.165, 1.54) is 7.11 Å². The predicted molar refractivity (Wildman–Crippen MR) is 97.9 cm³/mol. The van der Waals surface area contributed by atoms with E-state index in [9.17, 15) is 14.7 Å². The van der Waals surface area contributed by atoms with Gasteiger partial charge in [0.15, 0.2) is 11.5 Å². The molecule has 146 valence electrons. The molecule has 0 radical (unpaired) electrons. The number of carbonyl (C=O) groups is 2. The molecule has 1 amide bonds. The number of hydrogen-bond acceptors (Lipinski definition) is 5. The first kappa shape index (κ1) is 21.6. The van der Waals surface area contributed by atoms with E-state index in [-0.39, 0.29) is 12.5 Å². The van der Waals surface area contributed by atoms with Crippen molar-refractivity contribution in [3.63, 3.8) is 0 Å². The molecule has 0 heterocycles. The summed E-state index contributed by atoms with van der Waals surface area (Å²) in [5, 5.41) is 11.9. The van der Waals surface area contributed by atoms with Crippen LogP contribution in [0.4, 0.5) is 4.79 Å². The molecule has 0 spiro atoms. The second-order valence-electron chi connectivity index (χ2n) is 7.03. The van der Waals surface area contributed by atoms with Crippen LogP contribution in [0.2, 0.25) is 0 Å². The average Bonchev–Trinajstić information content (AvgIpc) is 2.53. The van der Waals surface area contributed by atoms with Crippen LogP contribution in [0.25, 0.3) is 0 Å². The summed E-state index contributed by atoms with van der Waals surface area (Å²) in [7, 11) is 1.52. The smallest absolute Gasteiger partial charge is 0.408 e. The fourth-order valence-electron chi connectivity index (χ4n) is 2.17. The van der Waals surface area contributed by atoms with Gasteiger partial charge in [0, 0.05) is 12.0 Å². The Balaban J connectivity index is 3.04. The fraction of sp³-hybridized carbons (Fsp3) is 0.579. The molecule has 2 N–H and O–H groups in total. The van der Waals surface area contributed by atoms with Gasteiger partial charge in [-0.2, -0.15) is 0 Å². The zero-order chi connectivity index (χ0) is 19.9. The van der Waals surface area contributed by atoms with E-state index in [4.69, 9.17) is 14.2 Å². The standard InChI is InChI=1S/C19H29NO6/c1-7-12(2)25-16-13(9-8-10-15(16)24-6)11-14(17(21)22)20-18(23)26-19(3,4)5/h8-10,12,14H,7,11H2,1-6H3,(H,20,23)(H,21,22). The summed E-state index contributed by atoms with van der Waals surface area (Å²) < 4.78 is 16.4. The molecule has 7 nitrogen and oxygen atoms in total. The highest BCUT2D eigenvalue weighted by Crippen LogP contribution is 2.33. The largest absolute Gasteiger partial charge is 0.493 e. The van der Waals surface area contributed by atoms with Crippen LogP contribution in [0.5, 0.6) is 11.5 Å². The monoisotopic (exact) mass is 367 g/mol. The minimum Gasteiger partial charge on any atom is -0.493 e. The van der Waals surface area contributed by atoms with Crippen molar-refractivity contribution in [1.29, 1.82) is 0 Å². The van der Waals surface area contributed by atoms with Crippen LogP contribution >= 0.6 is 0 Å². The van der Waals surface area contributed by atoms with Crippen LogP contribution in [0, 0.1) is 0 Å². The number of rotatable bonds is 8. The molecule has 0 aliphatic rings. The highest BCUT2D eigenvalue weighted by Gasteiger charge is 2.26. The third-order valence-corrected chi connectivity index (χ3v) is 3.59. The number of para-hydroxylation sites is 1. The lowest BCUT2D eigenvalue weighted by Gasteiger charge is -2.23. The van der Waals surface area contributed by atoms with Crippen LogP contribution in [0.1, 0.15) is 46.6 Å². The van der Waals surface area contributed by atoms with Crippen LogP contribution in [0.15, 0.2) is 18.2 Å². The first-order valence-electron chi connectivity index (χ1n) is 8.62. The van der Waals surface area contributed by atoms with Crippen molar-refractivity contribution in [3.05, 3.63) is 23.8 Å². The number of carboxylic acid groups (broad SMARTS) is 1. The normalized spacial score (nSPS) is 13.5. The van der Waals surface area contributed by atoms with Crippen molar-refractivity contribution < 1.29 is 28.9 Å². The van der Waals surface area contributed by atoms with Gasteiger partial charge in [0.25, 0.3) is 0 Å². The van der Waals surface area contributed by atoms with E-state index in [0.717, 1.165) is 6.42 Å². The molecule has 0 aliphatic heterocycles. The van der Waals surface area contributed by atoms with Crippen molar-refractivity contribution in [3.8, 4) is 11.5 Å². The molecule has 7 heteroatoms. The number of benzene rings is 1. The van der Waals surface area contributed by atoms with E-state index in [2.05, 4.69) is 5.32 Å². The molecule has 0 aliphatic carbocycles. The minimum absolute atomic E-state index is 0.0392. The maximum atomic E-state index is 11.9. The maximum Gasteiger partial charge on any atom is 0.408 e. The van der Waals surface area contributed by atoms with E-state index < -0.39 is 23.7 Å². The molecule has 0 fully saturated rings. The van der Waals surface area contributed by atoms with Gasteiger partial charge < -0.3 is 24.6 Å². The highest BCUT2D eigenvalue weighted by atomic mass is 16.6. The topological polar surface area (TPSA) is 94.1 Å². The van der Waals surface area contributed by atoms with Crippen LogP contribution in [-0.4, -0.2) is 42.0 Å². The van der Waals surface area contributed by atoms with Gasteiger partial charge in [-0.05, 0) is 40.2 Å². The van der Waals surface area contributed by atoms with Crippen molar-refractivity contribution in [2.45, 2.75) is 65.2 Å². The SMILES string of the molecule is CCC(C)Oc1c(CC(NC(=O)OC(C)(C)C)C(=O)O)cccc1OC. The molecule has 1 aromatic carbocycles. The zero-order valence-electron chi connectivity index (χ0n) is 16.3. The van der Waals surface area contributed by atoms with Gasteiger partial charge in [0.2, 0.25) is 0 Å². The third-order valence-electron chi connectivity index (χ3n) is 3.59. The summed E-state index contributed by atoms with van der Waals surface area (Å²) in [6, 6.07) is 4.10. The number of amides is 1. The van der Waals surface area contributed by atoms with Crippen molar-refractivity contribution in [1.82, 2.24) is 5.32 Å². The van der Waals surface area contributed by atoms with Crippen molar-refractivity contribution >= 4 is 12.1 Å². The summed E-state index contributed by atoms with van der Waals surface area (Å²) in [6.45, 7) is 9.04. The summed E-state index contributed by atoms with van der Waals surface area (Å²) in [5.41, 5.74) is -0.0818. The van der Waals surface area contributed by atoms with Crippen LogP contribution < -0.4 is 14.8 Å². The summed E-state index contributed by atoms with van der Waals surface area (Å²) >= 11 is 0. The molecule has 1 rings (SSSR count). The molecule has 0 aromatic heterocycles. The number of methoxy groups -OCH3 is 1. The Hall–Kier alpha value is -2.44. The Kier molecular flexibility index (Phi) is 7.74. The number of hydrogen-bond donors (Lipinski definition) is 2. The molecule has 2 atom stereocenters. The van der Waals surface area contributed by atoms with Gasteiger partial charge in [-0.25, -0.2) is 9.59 Å². The number of nitrogens with one attached hydrogen (secondary N) is 1. The molecule has 2 unspecified atom stereocenters. The summed E-state index contributed by atoms with van der Waals surface area (Å²) in [6.07, 6.45) is -0.0163. The molecule has 1 aromatic rings. The van der Waals surface area contributed by atoms with Crippen LogP contribution in [0.3, 0.4) is 0 Å². The summed E-state index contributed by atoms with van der Waals surface area (Å²) in [4.78, 5) is 23.6. The van der Waals surface area contributed by atoms with E-state index in [1.54, 1.807) is 39.0 Å². The van der Waals surface area contributed by atoms with Crippen LogP contribution in [-0.2, 0) is 16.0 Å². The third kappa shape index (κ3) is 6.82. The van der Waals surface area contributed by atoms with E-state index in [0.29, 0.717) is 17.1 Å². The molecule has 0 saturated carbocycles. The number of ether oxygens (including phenoxy) is 3. The lowest BCUT2D eigenvalue weighted by molar-refractivity contribution is -0.139. The Labute approximate surface area is 154 Å². The van der Waals surface area contributed by atoms with Gasteiger partial charge in [-0.3, -0.25) is 0 Å². The Morgan fingerprint density at radius 3 is 2.42 bits per heavy atom. The molecular weight excluding hydrogens is 338 g/mol. The second-order valence-corrected chi connectivity index (χ2v) is 7.03. The molecule has 0 bridgehead atoms. The first-order chi connectivity index (χ1) is 12.1. The molecule has 26 heavy (non-hydrogen) atoms. The van der Waals surface area contributed by atoms with E-state index >= 15 is 0 Å². The number of carboxylic acids is 1. The average molecular weight is 367 g/mol. The number of alkyl carbamates (subject to hydrolysis) is 1. The minimum atomic E-state index is -1.16. The van der Waals surface area contributed by atoms with Crippen molar-refractivity contribution in [2.75, 3.05) is 7.11 Å². The quantitative estimate of drug-likeness (QED) is 0.731. The van der Waals surface area contributed by atoms with Gasteiger partial charge >= 0.3 is 12.1 Å². The van der Waals surface area contributed by atoms with Gasteiger partial charge in [-0.15, -0.1) is 0 Å². The first-order valence-corrected chi connectivity index (χ1v) is 8.62. The summed E-state index contributed by atoms with van der Waals surface area (Å²) in [5.74, 6) is -0.154. The Morgan fingerprint density at radius 2 is 1.92 bits per heavy atom.